The van der Waals surface area contributed by atoms with E-state index in [0.29, 0.717) is 11.0 Å². The topological polar surface area (TPSA) is 46.9 Å². The molecule has 0 atom stereocenters. The van der Waals surface area contributed by atoms with E-state index in [4.69, 9.17) is 0 Å². The Bertz CT molecular complexity index is 394. The smallest absolute Gasteiger partial charge is 0.283 e. The molecule has 0 unspecified atom stereocenters. The zero-order valence-electron chi connectivity index (χ0n) is 9.49. The highest BCUT2D eigenvalue weighted by molar-refractivity contribution is 9.10. The number of thioether (sulfide) groups is 1. The Morgan fingerprint density at radius 1 is 1.62 bits per heavy atom. The monoisotopic (exact) mass is 305 g/mol. The second-order valence-corrected chi connectivity index (χ2v) is 5.04. The second-order valence-electron chi connectivity index (χ2n) is 3.27. The average molecular weight is 306 g/mol. The van der Waals surface area contributed by atoms with Crippen LogP contribution in [0.2, 0.25) is 0 Å². The predicted molar refractivity (Wildman–Crippen MR) is 73.4 cm³/mol. The van der Waals surface area contributed by atoms with E-state index in [1.165, 1.54) is 4.68 Å². The molecule has 0 aliphatic rings. The summed E-state index contributed by atoms with van der Waals surface area (Å²) in [7, 11) is 0. The van der Waals surface area contributed by atoms with E-state index in [0.717, 1.165) is 24.4 Å². The summed E-state index contributed by atoms with van der Waals surface area (Å²) in [5, 5.41) is 7.27. The first-order chi connectivity index (χ1) is 7.70. The summed E-state index contributed by atoms with van der Waals surface area (Å²) in [6.45, 7) is 3.34. The van der Waals surface area contributed by atoms with Crippen LogP contribution in [0, 0.1) is 0 Å². The number of hydrogen-bond acceptors (Lipinski definition) is 4. The summed E-state index contributed by atoms with van der Waals surface area (Å²) in [6, 6.07) is 0. The molecule has 0 aromatic carbocycles. The summed E-state index contributed by atoms with van der Waals surface area (Å²) < 4.78 is 1.99. The standard InChI is InChI=1S/C10H16BrN3OS/c1-3-14-10(15)9(11)8(7-13-14)12-5-4-6-16-2/h7,12H,3-6H2,1-2H3. The van der Waals surface area contributed by atoms with Crippen molar-refractivity contribution in [3.63, 3.8) is 0 Å². The fraction of sp³-hybridized carbons (Fsp3) is 0.600. The van der Waals surface area contributed by atoms with Crippen LogP contribution in [0.25, 0.3) is 0 Å². The normalized spacial score (nSPS) is 10.4. The van der Waals surface area contributed by atoms with Crippen molar-refractivity contribution in [2.75, 3.05) is 23.9 Å². The third kappa shape index (κ3) is 3.52. The Morgan fingerprint density at radius 3 is 3.00 bits per heavy atom. The van der Waals surface area contributed by atoms with Crippen LogP contribution >= 0.6 is 27.7 Å². The van der Waals surface area contributed by atoms with Gasteiger partial charge in [-0.25, -0.2) is 4.68 Å². The van der Waals surface area contributed by atoms with Gasteiger partial charge >= 0.3 is 0 Å². The van der Waals surface area contributed by atoms with Crippen molar-refractivity contribution >= 4 is 33.4 Å². The van der Waals surface area contributed by atoms with Gasteiger partial charge in [0.05, 0.1) is 11.9 Å². The van der Waals surface area contributed by atoms with Crippen molar-refractivity contribution in [1.29, 1.82) is 0 Å². The number of hydrogen-bond donors (Lipinski definition) is 1. The van der Waals surface area contributed by atoms with Gasteiger partial charge < -0.3 is 5.32 Å². The second kappa shape index (κ2) is 6.96. The summed E-state index contributed by atoms with van der Waals surface area (Å²) >= 11 is 5.12. The Labute approximate surface area is 108 Å². The van der Waals surface area contributed by atoms with Crippen LogP contribution in [0.5, 0.6) is 0 Å². The highest BCUT2D eigenvalue weighted by Gasteiger charge is 2.06. The van der Waals surface area contributed by atoms with Crippen LogP contribution in [0.15, 0.2) is 15.5 Å². The summed E-state index contributed by atoms with van der Waals surface area (Å²) in [6.07, 6.45) is 4.85. The Kier molecular flexibility index (Phi) is 5.90. The first-order valence-electron chi connectivity index (χ1n) is 5.19. The van der Waals surface area contributed by atoms with Gasteiger partial charge in [0.2, 0.25) is 0 Å². The number of rotatable bonds is 6. The van der Waals surface area contributed by atoms with Gasteiger partial charge in [0.15, 0.2) is 0 Å². The predicted octanol–water partition coefficient (Wildman–Crippen LogP) is 2.19. The van der Waals surface area contributed by atoms with Crippen molar-refractivity contribution in [3.05, 3.63) is 21.0 Å². The third-order valence-electron chi connectivity index (χ3n) is 2.13. The number of anilines is 1. The molecule has 1 aromatic heterocycles. The molecule has 1 aromatic rings. The lowest BCUT2D eigenvalue weighted by Gasteiger charge is -2.08. The average Bonchev–Trinajstić information content (AvgIpc) is 2.30. The Balaban J connectivity index is 2.68. The fourth-order valence-electron chi connectivity index (χ4n) is 1.25. The zero-order valence-corrected chi connectivity index (χ0v) is 11.9. The van der Waals surface area contributed by atoms with Crippen molar-refractivity contribution < 1.29 is 0 Å². The number of nitrogens with one attached hydrogen (secondary N) is 1. The first-order valence-corrected chi connectivity index (χ1v) is 7.37. The molecule has 0 bridgehead atoms. The van der Waals surface area contributed by atoms with E-state index in [-0.39, 0.29) is 5.56 Å². The maximum absolute atomic E-state index is 11.7. The molecule has 0 fully saturated rings. The van der Waals surface area contributed by atoms with Crippen LogP contribution in [0.1, 0.15) is 13.3 Å². The molecule has 0 radical (unpaired) electrons. The maximum Gasteiger partial charge on any atom is 0.283 e. The van der Waals surface area contributed by atoms with E-state index in [2.05, 4.69) is 32.6 Å². The Hall–Kier alpha value is -0.490. The van der Waals surface area contributed by atoms with Crippen LogP contribution < -0.4 is 10.9 Å². The largest absolute Gasteiger partial charge is 0.383 e. The van der Waals surface area contributed by atoms with E-state index in [1.54, 1.807) is 6.20 Å². The number of aromatic nitrogens is 2. The van der Waals surface area contributed by atoms with E-state index >= 15 is 0 Å². The zero-order chi connectivity index (χ0) is 12.0. The molecule has 1 rings (SSSR count). The van der Waals surface area contributed by atoms with Crippen LogP contribution in [0.4, 0.5) is 5.69 Å². The SMILES string of the molecule is CCn1ncc(NCCCSC)c(Br)c1=O. The van der Waals surface area contributed by atoms with Crippen LogP contribution in [0.3, 0.4) is 0 Å². The molecule has 1 N–H and O–H groups in total. The van der Waals surface area contributed by atoms with Gasteiger partial charge in [-0.1, -0.05) is 0 Å². The van der Waals surface area contributed by atoms with Gasteiger partial charge in [0.1, 0.15) is 4.47 Å². The third-order valence-corrected chi connectivity index (χ3v) is 3.59. The van der Waals surface area contributed by atoms with Crippen LogP contribution in [-0.4, -0.2) is 28.3 Å². The summed E-state index contributed by atoms with van der Waals surface area (Å²) in [5.74, 6) is 1.12. The quantitative estimate of drug-likeness (QED) is 0.819. The minimum atomic E-state index is -0.0858. The van der Waals surface area contributed by atoms with Crippen molar-refractivity contribution in [1.82, 2.24) is 9.78 Å². The summed E-state index contributed by atoms with van der Waals surface area (Å²) in [4.78, 5) is 11.7. The molecular formula is C10H16BrN3OS. The minimum Gasteiger partial charge on any atom is -0.383 e. The molecule has 4 nitrogen and oxygen atoms in total. The highest BCUT2D eigenvalue weighted by atomic mass is 79.9. The van der Waals surface area contributed by atoms with E-state index in [1.807, 2.05) is 18.7 Å². The van der Waals surface area contributed by atoms with Crippen molar-refractivity contribution in [3.8, 4) is 0 Å². The maximum atomic E-state index is 11.7. The lowest BCUT2D eigenvalue weighted by Crippen LogP contribution is -2.23. The lowest BCUT2D eigenvalue weighted by atomic mass is 10.4. The molecule has 1 heterocycles. The molecule has 0 amide bonds. The van der Waals surface area contributed by atoms with Gasteiger partial charge in [-0.3, -0.25) is 4.79 Å². The Morgan fingerprint density at radius 2 is 2.38 bits per heavy atom. The molecule has 16 heavy (non-hydrogen) atoms. The molecule has 0 spiro atoms. The highest BCUT2D eigenvalue weighted by Crippen LogP contribution is 2.15. The lowest BCUT2D eigenvalue weighted by molar-refractivity contribution is 0.613. The number of halogens is 1. The summed E-state index contributed by atoms with van der Waals surface area (Å²) in [5.41, 5.74) is 0.688. The van der Waals surface area contributed by atoms with Gasteiger partial charge in [0, 0.05) is 13.1 Å². The first kappa shape index (κ1) is 13.6. The van der Waals surface area contributed by atoms with Gasteiger partial charge in [0.25, 0.3) is 5.56 Å². The van der Waals surface area contributed by atoms with Gasteiger partial charge in [-0.05, 0) is 41.3 Å². The number of nitrogens with zero attached hydrogens (tertiary/aromatic N) is 2. The fourth-order valence-corrected chi connectivity index (χ4v) is 2.13. The minimum absolute atomic E-state index is 0.0858. The molecule has 90 valence electrons. The van der Waals surface area contributed by atoms with Crippen molar-refractivity contribution in [2.24, 2.45) is 0 Å². The molecule has 0 aliphatic heterocycles. The van der Waals surface area contributed by atoms with Gasteiger partial charge in [-0.2, -0.15) is 16.9 Å². The molecular weight excluding hydrogens is 290 g/mol. The molecule has 0 saturated heterocycles. The molecule has 6 heteroatoms. The number of aryl methyl sites for hydroxylation is 1. The molecule has 0 aliphatic carbocycles. The van der Waals surface area contributed by atoms with E-state index in [9.17, 15) is 4.79 Å². The van der Waals surface area contributed by atoms with Crippen molar-refractivity contribution in [2.45, 2.75) is 19.9 Å². The molecule has 0 saturated carbocycles. The van der Waals surface area contributed by atoms with E-state index < -0.39 is 0 Å². The van der Waals surface area contributed by atoms with Crippen LogP contribution in [-0.2, 0) is 6.54 Å². The van der Waals surface area contributed by atoms with Gasteiger partial charge in [-0.15, -0.1) is 0 Å².